The minimum absolute atomic E-state index is 0.308. The normalized spacial score (nSPS) is 12.6. The van der Waals surface area contributed by atoms with Crippen LogP contribution < -0.4 is 11.1 Å². The van der Waals surface area contributed by atoms with Crippen molar-refractivity contribution in [1.29, 1.82) is 0 Å². The van der Waals surface area contributed by atoms with Gasteiger partial charge >= 0.3 is 12.0 Å². The molecule has 10 heteroatoms. The van der Waals surface area contributed by atoms with Gasteiger partial charge in [0.05, 0.1) is 5.56 Å². The third-order valence-corrected chi connectivity index (χ3v) is 6.66. The molecule has 3 aromatic rings. The topological polar surface area (TPSA) is 124 Å². The molecule has 4 rings (SSSR count). The molecule has 0 aliphatic heterocycles. The molecule has 0 saturated heterocycles. The quantitative estimate of drug-likeness (QED) is 0.473. The summed E-state index contributed by atoms with van der Waals surface area (Å²) in [4.78, 5) is 46.5. The first kappa shape index (κ1) is 19.3. The first-order valence-corrected chi connectivity index (χ1v) is 10.4. The maximum absolute atomic E-state index is 12.5. The number of hydrogen-bond donors (Lipinski definition) is 2. The van der Waals surface area contributed by atoms with Crippen molar-refractivity contribution in [2.75, 3.05) is 6.61 Å². The number of urea groups is 1. The molecule has 8 nitrogen and oxygen atoms in total. The lowest BCUT2D eigenvalue weighted by molar-refractivity contribution is -0.123. The van der Waals surface area contributed by atoms with E-state index >= 15 is 0 Å². The number of fused-ring (bicyclic) bond motifs is 3. The Hall–Kier alpha value is -2.98. The van der Waals surface area contributed by atoms with Crippen LogP contribution in [0.15, 0.2) is 40.5 Å². The number of imide groups is 1. The average molecular weight is 428 g/mol. The molecule has 1 aromatic carbocycles. The van der Waals surface area contributed by atoms with Gasteiger partial charge in [0.15, 0.2) is 6.61 Å². The van der Waals surface area contributed by atoms with Crippen molar-refractivity contribution < 1.29 is 19.1 Å². The molecule has 3 N–H and O–H groups in total. The van der Waals surface area contributed by atoms with Gasteiger partial charge in [-0.15, -0.1) is 11.3 Å². The van der Waals surface area contributed by atoms with Gasteiger partial charge in [0.1, 0.15) is 16.2 Å². The number of esters is 1. The van der Waals surface area contributed by atoms with Crippen LogP contribution in [0.1, 0.15) is 27.2 Å². The van der Waals surface area contributed by atoms with Gasteiger partial charge in [0.2, 0.25) is 0 Å². The molecule has 0 saturated carbocycles. The number of benzene rings is 1. The maximum atomic E-state index is 12.5. The molecule has 0 fully saturated rings. The van der Waals surface area contributed by atoms with Crippen LogP contribution in [0.4, 0.5) is 4.79 Å². The second-order valence-corrected chi connectivity index (χ2v) is 8.42. The summed E-state index contributed by atoms with van der Waals surface area (Å²) >= 11 is 3.07. The molecule has 0 radical (unpaired) electrons. The summed E-state index contributed by atoms with van der Waals surface area (Å²) in [5.41, 5.74) is 6.48. The van der Waals surface area contributed by atoms with Crippen LogP contribution in [0.5, 0.6) is 0 Å². The van der Waals surface area contributed by atoms with Crippen LogP contribution in [0.3, 0.4) is 0 Å². The lowest BCUT2D eigenvalue weighted by Crippen LogP contribution is -2.37. The van der Waals surface area contributed by atoms with Gasteiger partial charge in [-0.25, -0.2) is 19.6 Å². The van der Waals surface area contributed by atoms with Crippen molar-refractivity contribution in [3.8, 4) is 0 Å². The van der Waals surface area contributed by atoms with E-state index in [9.17, 15) is 14.4 Å². The average Bonchev–Trinajstić information content (AvgIpc) is 3.27. The zero-order valence-electron chi connectivity index (χ0n) is 15.1. The number of hydrogen-bond acceptors (Lipinski definition) is 8. The molecule has 3 amide bonds. The Morgan fingerprint density at radius 3 is 2.86 bits per heavy atom. The Morgan fingerprint density at radius 2 is 2.03 bits per heavy atom. The van der Waals surface area contributed by atoms with Crippen LogP contribution in [-0.2, 0) is 22.4 Å². The standard InChI is InChI=1S/C19H16N4O4S2/c20-19(26)23-14(24)8-27-18(25)11-4-1-2-6-13(11)29-17-15-10-5-3-7-12(10)28-16(15)21-9-22-17/h1-2,4,6,9H,3,5,7-8H2,(H3,20,23,24,26). The molecule has 0 spiro atoms. The molecule has 1 aliphatic rings. The summed E-state index contributed by atoms with van der Waals surface area (Å²) < 4.78 is 5.01. The number of rotatable bonds is 5. The number of thiophene rings is 1. The van der Waals surface area contributed by atoms with Gasteiger partial charge in [-0.1, -0.05) is 23.9 Å². The second kappa shape index (κ2) is 8.18. The smallest absolute Gasteiger partial charge is 0.339 e. The van der Waals surface area contributed by atoms with Crippen LogP contribution in [-0.4, -0.2) is 34.5 Å². The van der Waals surface area contributed by atoms with Crippen molar-refractivity contribution in [3.05, 3.63) is 46.6 Å². The first-order valence-electron chi connectivity index (χ1n) is 8.81. The third-order valence-electron chi connectivity index (χ3n) is 4.38. The SMILES string of the molecule is NC(=O)NC(=O)COC(=O)c1ccccc1Sc1ncnc2sc3c(c12)CCC3. The fourth-order valence-electron chi connectivity index (χ4n) is 3.19. The van der Waals surface area contributed by atoms with E-state index in [1.54, 1.807) is 29.5 Å². The van der Waals surface area contributed by atoms with Gasteiger partial charge < -0.3 is 10.5 Å². The highest BCUT2D eigenvalue weighted by molar-refractivity contribution is 7.99. The lowest BCUT2D eigenvalue weighted by atomic mass is 10.2. The highest BCUT2D eigenvalue weighted by Gasteiger charge is 2.23. The van der Waals surface area contributed by atoms with E-state index < -0.39 is 24.5 Å². The number of amides is 3. The molecule has 148 valence electrons. The summed E-state index contributed by atoms with van der Waals surface area (Å²) in [6.07, 6.45) is 4.74. The molecule has 1 aliphatic carbocycles. The van der Waals surface area contributed by atoms with Gasteiger partial charge in [0, 0.05) is 15.2 Å². The van der Waals surface area contributed by atoms with Crippen LogP contribution in [0, 0.1) is 0 Å². The number of nitrogens with zero attached hydrogens (tertiary/aromatic N) is 2. The number of carbonyl (C=O) groups is 3. The van der Waals surface area contributed by atoms with E-state index in [-0.39, 0.29) is 0 Å². The van der Waals surface area contributed by atoms with Crippen LogP contribution in [0.2, 0.25) is 0 Å². The number of nitrogens with one attached hydrogen (secondary N) is 1. The maximum Gasteiger partial charge on any atom is 0.339 e. The monoisotopic (exact) mass is 428 g/mol. The second-order valence-electron chi connectivity index (χ2n) is 6.30. The molecule has 0 atom stereocenters. The van der Waals surface area contributed by atoms with E-state index in [0.29, 0.717) is 10.5 Å². The Balaban J connectivity index is 1.58. The summed E-state index contributed by atoms with van der Waals surface area (Å²) in [5.74, 6) is -1.46. The van der Waals surface area contributed by atoms with E-state index in [4.69, 9.17) is 10.5 Å². The third kappa shape index (κ3) is 4.08. The predicted molar refractivity (Wildman–Crippen MR) is 108 cm³/mol. The predicted octanol–water partition coefficient (Wildman–Crippen LogP) is 2.68. The fraction of sp³-hybridized carbons (Fsp3) is 0.211. The van der Waals surface area contributed by atoms with Crippen LogP contribution in [0.25, 0.3) is 10.2 Å². The van der Waals surface area contributed by atoms with E-state index in [2.05, 4.69) is 9.97 Å². The number of nitrogens with two attached hydrogens (primary N) is 1. The number of primary amides is 1. The van der Waals surface area contributed by atoms with Crippen molar-refractivity contribution in [2.24, 2.45) is 5.73 Å². The zero-order chi connectivity index (χ0) is 20.4. The summed E-state index contributed by atoms with van der Waals surface area (Å²) in [5, 5.41) is 3.69. The Kier molecular flexibility index (Phi) is 5.45. The Labute approximate surface area is 173 Å². The Morgan fingerprint density at radius 1 is 1.21 bits per heavy atom. The zero-order valence-corrected chi connectivity index (χ0v) is 16.8. The van der Waals surface area contributed by atoms with E-state index in [1.807, 2.05) is 11.4 Å². The molecule has 29 heavy (non-hydrogen) atoms. The first-order chi connectivity index (χ1) is 14.0. The van der Waals surface area contributed by atoms with Gasteiger partial charge in [-0.05, 0) is 37.0 Å². The molecular formula is C19H16N4O4S2. The van der Waals surface area contributed by atoms with Gasteiger partial charge in [0.25, 0.3) is 5.91 Å². The van der Waals surface area contributed by atoms with Crippen molar-refractivity contribution >= 4 is 51.2 Å². The van der Waals surface area contributed by atoms with Crippen molar-refractivity contribution in [1.82, 2.24) is 15.3 Å². The molecule has 2 heterocycles. The summed E-state index contributed by atoms with van der Waals surface area (Å²) in [6, 6.07) is 5.94. The minimum atomic E-state index is -1.00. The Bertz CT molecular complexity index is 1130. The fourth-order valence-corrected chi connectivity index (χ4v) is 5.52. The van der Waals surface area contributed by atoms with E-state index in [1.165, 1.54) is 28.5 Å². The number of ether oxygens (including phenoxy) is 1. The molecule has 2 aromatic heterocycles. The number of aromatic nitrogens is 2. The minimum Gasteiger partial charge on any atom is -0.452 e. The number of carbonyl (C=O) groups excluding carboxylic acids is 3. The van der Waals surface area contributed by atoms with Crippen LogP contribution >= 0.6 is 23.1 Å². The lowest BCUT2D eigenvalue weighted by Gasteiger charge is -2.09. The molecule has 0 bridgehead atoms. The highest BCUT2D eigenvalue weighted by Crippen LogP contribution is 2.42. The van der Waals surface area contributed by atoms with Crippen molar-refractivity contribution in [3.63, 3.8) is 0 Å². The largest absolute Gasteiger partial charge is 0.452 e. The highest BCUT2D eigenvalue weighted by atomic mass is 32.2. The molecular weight excluding hydrogens is 412 g/mol. The summed E-state index contributed by atoms with van der Waals surface area (Å²) in [6.45, 7) is -0.601. The molecule has 0 unspecified atom stereocenters. The van der Waals surface area contributed by atoms with Gasteiger partial charge in [-0.3, -0.25) is 10.1 Å². The van der Waals surface area contributed by atoms with E-state index in [0.717, 1.165) is 34.5 Å². The number of aryl methyl sites for hydroxylation is 2. The van der Waals surface area contributed by atoms with Gasteiger partial charge in [-0.2, -0.15) is 0 Å². The van der Waals surface area contributed by atoms with Crippen molar-refractivity contribution in [2.45, 2.75) is 29.2 Å². The summed E-state index contributed by atoms with van der Waals surface area (Å²) in [7, 11) is 0.